The van der Waals surface area contributed by atoms with Gasteiger partial charge in [0, 0.05) is 51.0 Å². The molecule has 2 aliphatic heterocycles. The molecule has 12 heteroatoms. The van der Waals surface area contributed by atoms with Crippen molar-refractivity contribution in [3.63, 3.8) is 0 Å². The second kappa shape index (κ2) is 21.2. The van der Waals surface area contributed by atoms with Crippen molar-refractivity contribution < 1.29 is 42.8 Å². The van der Waals surface area contributed by atoms with Crippen molar-refractivity contribution in [1.29, 1.82) is 0 Å². The van der Waals surface area contributed by atoms with E-state index >= 15 is 0 Å². The largest absolute Gasteiger partial charge is 0.528 e. The number of carbonyl (C=O) groups is 2. The first kappa shape index (κ1) is 41.9. The van der Waals surface area contributed by atoms with Gasteiger partial charge in [-0.25, -0.2) is 9.59 Å². The second-order valence-electron chi connectivity index (χ2n) is 15.5. The fourth-order valence-corrected chi connectivity index (χ4v) is 7.12. The summed E-state index contributed by atoms with van der Waals surface area (Å²) in [6.07, 6.45) is -0.998. The van der Waals surface area contributed by atoms with Crippen molar-refractivity contribution in [2.75, 3.05) is 72.3 Å². The minimum Gasteiger partial charge on any atom is -0.494 e. The van der Waals surface area contributed by atoms with E-state index in [9.17, 15) is 9.59 Å². The number of rotatable bonds is 17. The predicted molar refractivity (Wildman–Crippen MR) is 217 cm³/mol. The molecule has 2 fully saturated rings. The molecule has 0 aliphatic carbocycles. The van der Waals surface area contributed by atoms with Crippen molar-refractivity contribution in [3.8, 4) is 5.75 Å². The molecule has 4 aromatic rings. The number of nitrogens with one attached hydrogen (secondary N) is 1. The quantitative estimate of drug-likeness (QED) is 0.0856. The molecule has 0 bridgehead atoms. The SMILES string of the molecule is CC(C)(C)OC(=O)ON1CC(COC(=O)NCCN2CCOCC2)C(c2ccc(OCCCOCc3ccccc3)cc2)C(OCc2ccc3ccccc3c2)C1. The van der Waals surface area contributed by atoms with Crippen LogP contribution < -0.4 is 10.1 Å². The number of hydrogen-bond acceptors (Lipinski definition) is 11. The first-order chi connectivity index (χ1) is 27.7. The Morgan fingerprint density at radius 2 is 1.58 bits per heavy atom. The van der Waals surface area contributed by atoms with E-state index in [0.717, 1.165) is 52.7 Å². The number of ether oxygens (including phenoxy) is 6. The van der Waals surface area contributed by atoms with Gasteiger partial charge in [-0.3, -0.25) is 4.90 Å². The van der Waals surface area contributed by atoms with Crippen LogP contribution in [-0.4, -0.2) is 106 Å². The molecule has 3 unspecified atom stereocenters. The van der Waals surface area contributed by atoms with Gasteiger partial charge in [-0.2, -0.15) is 0 Å². The lowest BCUT2D eigenvalue weighted by Gasteiger charge is -2.42. The summed E-state index contributed by atoms with van der Waals surface area (Å²) in [7, 11) is 0. The van der Waals surface area contributed by atoms with E-state index in [1.165, 1.54) is 0 Å². The van der Waals surface area contributed by atoms with Gasteiger partial charge in [0.25, 0.3) is 0 Å². The van der Waals surface area contributed by atoms with E-state index in [1.807, 2.05) is 66.7 Å². The third-order valence-electron chi connectivity index (χ3n) is 9.91. The number of hydrogen-bond donors (Lipinski definition) is 1. The molecule has 306 valence electrons. The molecule has 3 atom stereocenters. The van der Waals surface area contributed by atoms with Crippen molar-refractivity contribution in [2.24, 2.45) is 5.92 Å². The average Bonchev–Trinajstić information content (AvgIpc) is 3.21. The van der Waals surface area contributed by atoms with Crippen molar-refractivity contribution in [2.45, 2.75) is 58.0 Å². The Morgan fingerprint density at radius 3 is 2.35 bits per heavy atom. The van der Waals surface area contributed by atoms with Gasteiger partial charge >= 0.3 is 12.2 Å². The third-order valence-corrected chi connectivity index (χ3v) is 9.91. The Balaban J connectivity index is 1.14. The predicted octanol–water partition coefficient (Wildman–Crippen LogP) is 7.35. The molecule has 2 heterocycles. The van der Waals surface area contributed by atoms with Crippen LogP contribution in [0.5, 0.6) is 5.75 Å². The molecular formula is C45H57N3O9. The first-order valence-electron chi connectivity index (χ1n) is 20.0. The van der Waals surface area contributed by atoms with Gasteiger partial charge in [0.05, 0.1) is 58.9 Å². The summed E-state index contributed by atoms with van der Waals surface area (Å²) in [6.45, 7) is 12.2. The molecule has 0 saturated carbocycles. The van der Waals surface area contributed by atoms with Crippen molar-refractivity contribution in [1.82, 2.24) is 15.3 Å². The summed E-state index contributed by atoms with van der Waals surface area (Å²) in [6, 6.07) is 32.6. The Bertz CT molecular complexity index is 1830. The van der Waals surface area contributed by atoms with Crippen molar-refractivity contribution >= 4 is 23.0 Å². The van der Waals surface area contributed by atoms with Crippen LogP contribution in [-0.2, 0) is 41.7 Å². The third kappa shape index (κ3) is 13.7. The zero-order valence-corrected chi connectivity index (χ0v) is 33.4. The number of benzene rings is 4. The van der Waals surface area contributed by atoms with E-state index in [4.69, 9.17) is 33.3 Å². The normalized spacial score (nSPS) is 19.2. The van der Waals surface area contributed by atoms with Gasteiger partial charge in [0.15, 0.2) is 0 Å². The van der Waals surface area contributed by atoms with Gasteiger partial charge in [-0.05, 0) is 66.4 Å². The molecule has 1 N–H and O–H groups in total. The summed E-state index contributed by atoms with van der Waals surface area (Å²) in [5.41, 5.74) is 2.42. The van der Waals surface area contributed by atoms with Crippen molar-refractivity contribution in [3.05, 3.63) is 114 Å². The van der Waals surface area contributed by atoms with Crippen LogP contribution in [0.4, 0.5) is 9.59 Å². The number of alkyl carbamates (subject to hydrolysis) is 1. The topological polar surface area (TPSA) is 117 Å². The maximum Gasteiger partial charge on any atom is 0.528 e. The second-order valence-corrected chi connectivity index (χ2v) is 15.5. The van der Waals surface area contributed by atoms with Gasteiger partial charge in [0.2, 0.25) is 0 Å². The van der Waals surface area contributed by atoms with E-state index in [0.29, 0.717) is 59.3 Å². The Kier molecular flexibility index (Phi) is 15.6. The molecular weight excluding hydrogens is 727 g/mol. The van der Waals surface area contributed by atoms with E-state index in [1.54, 1.807) is 25.8 Å². The highest BCUT2D eigenvalue weighted by molar-refractivity contribution is 5.82. The minimum absolute atomic E-state index is 0.0688. The highest BCUT2D eigenvalue weighted by Crippen LogP contribution is 2.37. The van der Waals surface area contributed by atoms with Gasteiger partial charge in [0.1, 0.15) is 11.4 Å². The van der Waals surface area contributed by atoms with E-state index in [2.05, 4.69) is 40.5 Å². The summed E-state index contributed by atoms with van der Waals surface area (Å²) >= 11 is 0. The lowest BCUT2D eigenvalue weighted by Crippen LogP contribution is -2.51. The minimum atomic E-state index is -0.804. The van der Waals surface area contributed by atoms with Gasteiger partial charge in [-0.1, -0.05) is 78.9 Å². The first-order valence-corrected chi connectivity index (χ1v) is 20.0. The van der Waals surface area contributed by atoms with E-state index < -0.39 is 24.0 Å². The molecule has 1 amide bonds. The number of nitrogens with zero attached hydrogens (tertiary/aromatic N) is 2. The molecule has 57 heavy (non-hydrogen) atoms. The molecule has 2 aliphatic rings. The highest BCUT2D eigenvalue weighted by Gasteiger charge is 2.41. The summed E-state index contributed by atoms with van der Waals surface area (Å²) in [5.74, 6) is 0.223. The van der Waals surface area contributed by atoms with Gasteiger partial charge in [-0.15, -0.1) is 5.06 Å². The zero-order valence-electron chi connectivity index (χ0n) is 33.4. The summed E-state index contributed by atoms with van der Waals surface area (Å²) < 4.78 is 35.4. The number of morpholine rings is 1. The lowest BCUT2D eigenvalue weighted by molar-refractivity contribution is -0.194. The van der Waals surface area contributed by atoms with Crippen LogP contribution in [0.3, 0.4) is 0 Å². The Labute approximate surface area is 336 Å². The van der Waals surface area contributed by atoms with Crippen LogP contribution in [0.25, 0.3) is 10.8 Å². The van der Waals surface area contributed by atoms with Gasteiger partial charge < -0.3 is 38.6 Å². The number of carbonyl (C=O) groups excluding carboxylic acids is 2. The monoisotopic (exact) mass is 783 g/mol. The zero-order chi connectivity index (χ0) is 39.9. The average molecular weight is 784 g/mol. The van der Waals surface area contributed by atoms with Crippen LogP contribution in [0.2, 0.25) is 0 Å². The summed E-state index contributed by atoms with van der Waals surface area (Å²) in [4.78, 5) is 33.9. The fourth-order valence-electron chi connectivity index (χ4n) is 7.12. The standard InChI is InChI=1S/C45H57N3O9/c1-45(2,3)56-44(50)57-48-29-39(33-55-43(49)46-20-21-47-22-26-51-27-23-47)42(41(30-48)54-32-35-14-15-36-12-7-8-13-38(36)28-35)37-16-18-40(19-17-37)53-25-9-24-52-31-34-10-5-4-6-11-34/h4-8,10-19,28,39,41-42H,9,20-27,29-33H2,1-3H3,(H,46,49). The van der Waals surface area contributed by atoms with Crippen LogP contribution >= 0.6 is 0 Å². The summed E-state index contributed by atoms with van der Waals surface area (Å²) in [5, 5.41) is 6.73. The maximum atomic E-state index is 13.0. The molecule has 12 nitrogen and oxygen atoms in total. The molecule has 2 saturated heterocycles. The Hall–Kier alpha value is -4.72. The molecule has 0 spiro atoms. The number of hydroxylamine groups is 2. The maximum absolute atomic E-state index is 13.0. The smallest absolute Gasteiger partial charge is 0.494 e. The van der Waals surface area contributed by atoms with Crippen LogP contribution in [0.15, 0.2) is 97.1 Å². The molecule has 0 aromatic heterocycles. The molecule has 4 aromatic carbocycles. The number of amides is 1. The fraction of sp³-hybridized carbons (Fsp3) is 0.467. The van der Waals surface area contributed by atoms with Crippen LogP contribution in [0, 0.1) is 5.92 Å². The number of fused-ring (bicyclic) bond motifs is 1. The lowest BCUT2D eigenvalue weighted by atomic mass is 9.79. The number of piperidine rings is 1. The molecule has 6 rings (SSSR count). The highest BCUT2D eigenvalue weighted by atomic mass is 16.8. The molecule has 0 radical (unpaired) electrons. The Morgan fingerprint density at radius 1 is 0.825 bits per heavy atom. The van der Waals surface area contributed by atoms with Crippen LogP contribution in [0.1, 0.15) is 49.8 Å². The van der Waals surface area contributed by atoms with E-state index in [-0.39, 0.29) is 25.0 Å².